The van der Waals surface area contributed by atoms with Gasteiger partial charge in [-0.25, -0.2) is 0 Å². The van der Waals surface area contributed by atoms with Crippen LogP contribution in [-0.4, -0.2) is 22.8 Å². The highest BCUT2D eigenvalue weighted by Gasteiger charge is 2.17. The van der Waals surface area contributed by atoms with Gasteiger partial charge in [0.2, 0.25) is 0 Å². The van der Waals surface area contributed by atoms with Crippen molar-refractivity contribution in [2.45, 2.75) is 51.5 Å². The Morgan fingerprint density at radius 3 is 2.33 bits per heavy atom. The van der Waals surface area contributed by atoms with Gasteiger partial charge in [0, 0.05) is 29.1 Å². The van der Waals surface area contributed by atoms with Gasteiger partial charge in [-0.1, -0.05) is 37.3 Å². The summed E-state index contributed by atoms with van der Waals surface area (Å²) >= 11 is 5.95. The monoisotopic (exact) mass is 385 g/mol. The van der Waals surface area contributed by atoms with Crippen LogP contribution in [0, 0.1) is 6.92 Å². The van der Waals surface area contributed by atoms with Crippen molar-refractivity contribution in [2.24, 2.45) is 0 Å². The summed E-state index contributed by atoms with van der Waals surface area (Å²) in [6.45, 7) is 1.87. The van der Waals surface area contributed by atoms with Gasteiger partial charge in [-0.15, -0.1) is 0 Å². The average molecular weight is 386 g/mol. The summed E-state index contributed by atoms with van der Waals surface area (Å²) in [6.07, 6.45) is 9.73. The predicted octanol–water partition coefficient (Wildman–Crippen LogP) is 4.75. The standard InChI is InChI=1S/C21H24ClN3O2/c1-14-10-17(22)8-9-19(14)25-21(27)16-11-15(12-23-13-16)20(26)24-18-6-4-2-3-5-7-18/h8-13,18H,2-7H2,1H3,(H,24,26)(H,25,27). The number of nitrogens with one attached hydrogen (secondary N) is 2. The summed E-state index contributed by atoms with van der Waals surface area (Å²) in [5.74, 6) is -0.483. The summed E-state index contributed by atoms with van der Waals surface area (Å²) in [4.78, 5) is 29.2. The third-order valence-electron chi connectivity index (χ3n) is 4.89. The van der Waals surface area contributed by atoms with Gasteiger partial charge in [-0.2, -0.15) is 0 Å². The van der Waals surface area contributed by atoms with Crippen molar-refractivity contribution in [3.05, 3.63) is 58.4 Å². The van der Waals surface area contributed by atoms with Crippen LogP contribution in [0.15, 0.2) is 36.7 Å². The molecule has 6 heteroatoms. The molecule has 27 heavy (non-hydrogen) atoms. The summed E-state index contributed by atoms with van der Waals surface area (Å²) in [6, 6.07) is 7.05. The number of aryl methyl sites for hydroxylation is 1. The van der Waals surface area contributed by atoms with Gasteiger partial charge in [0.25, 0.3) is 11.8 Å². The lowest BCUT2D eigenvalue weighted by Gasteiger charge is -2.16. The number of aromatic nitrogens is 1. The van der Waals surface area contributed by atoms with Gasteiger partial charge in [0.1, 0.15) is 0 Å². The highest BCUT2D eigenvalue weighted by atomic mass is 35.5. The molecular weight excluding hydrogens is 362 g/mol. The van der Waals surface area contributed by atoms with E-state index in [2.05, 4.69) is 15.6 Å². The number of rotatable bonds is 4. The lowest BCUT2D eigenvalue weighted by Crippen LogP contribution is -2.34. The van der Waals surface area contributed by atoms with E-state index in [1.54, 1.807) is 24.3 Å². The normalized spacial score (nSPS) is 15.0. The van der Waals surface area contributed by atoms with E-state index in [1.165, 1.54) is 25.2 Å². The minimum atomic E-state index is -0.308. The molecule has 1 aliphatic rings. The van der Waals surface area contributed by atoms with Crippen LogP contribution in [0.25, 0.3) is 0 Å². The summed E-state index contributed by atoms with van der Waals surface area (Å²) in [5, 5.41) is 6.54. The summed E-state index contributed by atoms with van der Waals surface area (Å²) < 4.78 is 0. The zero-order valence-corrected chi connectivity index (χ0v) is 16.2. The molecule has 0 aliphatic heterocycles. The van der Waals surface area contributed by atoms with E-state index >= 15 is 0 Å². The number of nitrogens with zero attached hydrogens (tertiary/aromatic N) is 1. The molecule has 0 atom stereocenters. The molecular formula is C21H24ClN3O2. The third kappa shape index (κ3) is 5.30. The van der Waals surface area contributed by atoms with Crippen molar-refractivity contribution in [1.29, 1.82) is 0 Å². The smallest absolute Gasteiger partial charge is 0.257 e. The molecule has 1 aromatic carbocycles. The molecule has 3 rings (SSSR count). The molecule has 0 unspecified atom stereocenters. The Hall–Kier alpha value is -2.40. The maximum atomic E-state index is 12.6. The van der Waals surface area contributed by atoms with E-state index in [0.717, 1.165) is 31.2 Å². The molecule has 0 radical (unpaired) electrons. The first kappa shape index (κ1) is 19.4. The zero-order valence-electron chi connectivity index (χ0n) is 15.4. The first-order valence-electron chi connectivity index (χ1n) is 9.36. The highest BCUT2D eigenvalue weighted by molar-refractivity contribution is 6.30. The van der Waals surface area contributed by atoms with E-state index in [1.807, 2.05) is 6.92 Å². The van der Waals surface area contributed by atoms with Crippen LogP contribution < -0.4 is 10.6 Å². The molecule has 2 amide bonds. The number of hydrogen-bond acceptors (Lipinski definition) is 3. The molecule has 5 nitrogen and oxygen atoms in total. The Bertz CT molecular complexity index is 830. The molecule has 1 heterocycles. The minimum Gasteiger partial charge on any atom is -0.349 e. The summed E-state index contributed by atoms with van der Waals surface area (Å²) in [5.41, 5.74) is 2.29. The predicted molar refractivity (Wildman–Crippen MR) is 107 cm³/mol. The molecule has 2 N–H and O–H groups in total. The maximum Gasteiger partial charge on any atom is 0.257 e. The largest absolute Gasteiger partial charge is 0.349 e. The third-order valence-corrected chi connectivity index (χ3v) is 5.12. The van der Waals surface area contributed by atoms with Crippen LogP contribution in [-0.2, 0) is 0 Å². The fraction of sp³-hybridized carbons (Fsp3) is 0.381. The van der Waals surface area contributed by atoms with Gasteiger partial charge in [-0.05, 0) is 49.6 Å². The van der Waals surface area contributed by atoms with E-state index < -0.39 is 0 Å². The highest BCUT2D eigenvalue weighted by Crippen LogP contribution is 2.21. The number of anilines is 1. The molecule has 0 spiro atoms. The molecule has 2 aromatic rings. The summed E-state index contributed by atoms with van der Waals surface area (Å²) in [7, 11) is 0. The Kier molecular flexibility index (Phi) is 6.45. The fourth-order valence-electron chi connectivity index (χ4n) is 3.34. The van der Waals surface area contributed by atoms with Gasteiger partial charge < -0.3 is 10.6 Å². The van der Waals surface area contributed by atoms with E-state index in [0.29, 0.717) is 21.8 Å². The second-order valence-corrected chi connectivity index (χ2v) is 7.47. The van der Waals surface area contributed by atoms with Crippen LogP contribution in [0.1, 0.15) is 64.8 Å². The quantitative estimate of drug-likeness (QED) is 0.746. The van der Waals surface area contributed by atoms with E-state index in [9.17, 15) is 9.59 Å². The first-order valence-corrected chi connectivity index (χ1v) is 9.74. The molecule has 0 saturated heterocycles. The van der Waals surface area contributed by atoms with Crippen molar-refractivity contribution in [1.82, 2.24) is 10.3 Å². The number of carbonyl (C=O) groups is 2. The SMILES string of the molecule is Cc1cc(Cl)ccc1NC(=O)c1cncc(C(=O)NC2CCCCCC2)c1. The fourth-order valence-corrected chi connectivity index (χ4v) is 3.57. The number of pyridine rings is 1. The topological polar surface area (TPSA) is 71.1 Å². The Balaban J connectivity index is 1.68. The lowest BCUT2D eigenvalue weighted by molar-refractivity contribution is 0.0933. The van der Waals surface area contributed by atoms with Crippen molar-refractivity contribution >= 4 is 29.1 Å². The molecule has 1 aromatic heterocycles. The number of carbonyl (C=O) groups excluding carboxylic acids is 2. The maximum absolute atomic E-state index is 12.6. The van der Waals surface area contributed by atoms with Crippen molar-refractivity contribution in [3.63, 3.8) is 0 Å². The van der Waals surface area contributed by atoms with Crippen LogP contribution in [0.2, 0.25) is 5.02 Å². The van der Waals surface area contributed by atoms with Crippen molar-refractivity contribution < 1.29 is 9.59 Å². The van der Waals surface area contributed by atoms with Gasteiger partial charge in [-0.3, -0.25) is 14.6 Å². The molecule has 1 saturated carbocycles. The molecule has 1 aliphatic carbocycles. The zero-order chi connectivity index (χ0) is 19.2. The Labute approximate surface area is 164 Å². The molecule has 0 bridgehead atoms. The first-order chi connectivity index (χ1) is 13.0. The lowest BCUT2D eigenvalue weighted by atomic mass is 10.1. The number of amides is 2. The Morgan fingerprint density at radius 1 is 1.00 bits per heavy atom. The number of halogens is 1. The van der Waals surface area contributed by atoms with Gasteiger partial charge in [0.15, 0.2) is 0 Å². The number of hydrogen-bond donors (Lipinski definition) is 2. The van der Waals surface area contributed by atoms with Crippen LogP contribution >= 0.6 is 11.6 Å². The van der Waals surface area contributed by atoms with Crippen LogP contribution in [0.4, 0.5) is 5.69 Å². The van der Waals surface area contributed by atoms with Crippen LogP contribution in [0.3, 0.4) is 0 Å². The van der Waals surface area contributed by atoms with E-state index in [4.69, 9.17) is 11.6 Å². The molecule has 142 valence electrons. The number of benzene rings is 1. The van der Waals surface area contributed by atoms with Crippen LogP contribution in [0.5, 0.6) is 0 Å². The molecule has 1 fully saturated rings. The van der Waals surface area contributed by atoms with Crippen molar-refractivity contribution in [3.8, 4) is 0 Å². The van der Waals surface area contributed by atoms with E-state index in [-0.39, 0.29) is 17.9 Å². The Morgan fingerprint density at radius 2 is 1.67 bits per heavy atom. The minimum absolute atomic E-state index is 0.174. The average Bonchev–Trinajstić information content (AvgIpc) is 2.92. The second-order valence-electron chi connectivity index (χ2n) is 7.04. The second kappa shape index (κ2) is 9.00. The van der Waals surface area contributed by atoms with Gasteiger partial charge >= 0.3 is 0 Å². The van der Waals surface area contributed by atoms with Gasteiger partial charge in [0.05, 0.1) is 11.1 Å². The van der Waals surface area contributed by atoms with Crippen molar-refractivity contribution in [2.75, 3.05) is 5.32 Å².